The Morgan fingerprint density at radius 1 is 1.42 bits per heavy atom. The van der Waals surface area contributed by atoms with Crippen LogP contribution in [0.3, 0.4) is 0 Å². The topological polar surface area (TPSA) is 47.6 Å². The van der Waals surface area contributed by atoms with Gasteiger partial charge in [0, 0.05) is 6.54 Å². The summed E-state index contributed by atoms with van der Waals surface area (Å²) in [6, 6.07) is 3.76. The monoisotopic (exact) mass is 347 g/mol. The highest BCUT2D eigenvalue weighted by atomic mass is 79.9. The Kier molecular flexibility index (Phi) is 6.51. The molecule has 6 heteroatoms. The summed E-state index contributed by atoms with van der Waals surface area (Å²) in [6.45, 7) is 2.34. The number of rotatable bonds is 6. The van der Waals surface area contributed by atoms with Gasteiger partial charge >= 0.3 is 0 Å². The fraction of sp³-hybridized carbons (Fsp3) is 0.462. The summed E-state index contributed by atoms with van der Waals surface area (Å²) in [6.07, 6.45) is 1.91. The van der Waals surface area contributed by atoms with Crippen molar-refractivity contribution in [3.63, 3.8) is 0 Å². The number of halogens is 1. The third-order valence-electron chi connectivity index (χ3n) is 2.68. The third kappa shape index (κ3) is 4.31. The number of hydrogen-bond donors (Lipinski definition) is 1. The third-order valence-corrected chi connectivity index (χ3v) is 4.19. The molecule has 0 radical (unpaired) electrons. The molecule has 1 aromatic rings. The number of nitrogens with one attached hydrogen (secondary N) is 1. The van der Waals surface area contributed by atoms with Gasteiger partial charge in [-0.05, 0) is 46.8 Å². The van der Waals surface area contributed by atoms with Gasteiger partial charge in [0.2, 0.25) is 5.91 Å². The molecule has 0 unspecified atom stereocenters. The molecule has 0 saturated heterocycles. The number of thioether (sulfide) groups is 1. The SMILES string of the molecule is COc1cc(CNC(=O)[C@H](C)SC)cc(Br)c1OC. The summed E-state index contributed by atoms with van der Waals surface area (Å²) in [5, 5.41) is 2.84. The average Bonchev–Trinajstić information content (AvgIpc) is 2.42. The molecule has 1 N–H and O–H groups in total. The number of amides is 1. The van der Waals surface area contributed by atoms with Crippen LogP contribution in [0.1, 0.15) is 12.5 Å². The Morgan fingerprint density at radius 2 is 2.11 bits per heavy atom. The van der Waals surface area contributed by atoms with Gasteiger partial charge in [-0.15, -0.1) is 0 Å². The first kappa shape index (κ1) is 16.2. The normalized spacial score (nSPS) is 11.8. The van der Waals surface area contributed by atoms with E-state index < -0.39 is 0 Å². The van der Waals surface area contributed by atoms with Crippen molar-refractivity contribution in [2.75, 3.05) is 20.5 Å². The molecule has 0 spiro atoms. The van der Waals surface area contributed by atoms with E-state index in [0.717, 1.165) is 10.0 Å². The van der Waals surface area contributed by atoms with Crippen molar-refractivity contribution in [2.24, 2.45) is 0 Å². The Labute approximate surface area is 126 Å². The van der Waals surface area contributed by atoms with E-state index in [2.05, 4.69) is 21.2 Å². The number of carbonyl (C=O) groups is 1. The largest absolute Gasteiger partial charge is 0.493 e. The maximum Gasteiger partial charge on any atom is 0.233 e. The highest BCUT2D eigenvalue weighted by molar-refractivity contribution is 9.10. The first-order valence-electron chi connectivity index (χ1n) is 5.74. The molecule has 1 amide bonds. The summed E-state index contributed by atoms with van der Waals surface area (Å²) in [7, 11) is 3.17. The maximum atomic E-state index is 11.7. The highest BCUT2D eigenvalue weighted by Gasteiger charge is 2.13. The summed E-state index contributed by atoms with van der Waals surface area (Å²) < 4.78 is 11.3. The van der Waals surface area contributed by atoms with Crippen LogP contribution in [0.5, 0.6) is 11.5 Å². The molecule has 4 nitrogen and oxygen atoms in total. The van der Waals surface area contributed by atoms with E-state index in [-0.39, 0.29) is 11.2 Å². The Balaban J connectivity index is 2.80. The van der Waals surface area contributed by atoms with E-state index in [9.17, 15) is 4.79 Å². The molecule has 0 saturated carbocycles. The highest BCUT2D eigenvalue weighted by Crippen LogP contribution is 2.36. The molecule has 0 aliphatic heterocycles. The first-order valence-corrected chi connectivity index (χ1v) is 7.82. The standard InChI is InChI=1S/C13H18BrNO3S/c1-8(19-4)13(16)15-7-9-5-10(14)12(18-3)11(6-9)17-2/h5-6,8H,7H2,1-4H3,(H,15,16)/t8-/m0/s1. The number of benzene rings is 1. The van der Waals surface area contributed by atoms with Gasteiger partial charge < -0.3 is 14.8 Å². The lowest BCUT2D eigenvalue weighted by atomic mass is 10.2. The molecule has 0 aliphatic rings. The average molecular weight is 348 g/mol. The van der Waals surface area contributed by atoms with E-state index in [1.807, 2.05) is 25.3 Å². The van der Waals surface area contributed by atoms with Crippen molar-refractivity contribution in [1.82, 2.24) is 5.32 Å². The van der Waals surface area contributed by atoms with Crippen molar-refractivity contribution in [2.45, 2.75) is 18.7 Å². The lowest BCUT2D eigenvalue weighted by Gasteiger charge is -2.13. The number of hydrogen-bond acceptors (Lipinski definition) is 4. The molecule has 1 atom stereocenters. The molecule has 0 bridgehead atoms. The molecule has 0 fully saturated rings. The lowest BCUT2D eigenvalue weighted by Crippen LogP contribution is -2.30. The Bertz CT molecular complexity index is 454. The molecule has 19 heavy (non-hydrogen) atoms. The van der Waals surface area contributed by atoms with Crippen LogP contribution in [0.2, 0.25) is 0 Å². The molecule has 0 heterocycles. The van der Waals surface area contributed by atoms with Gasteiger partial charge in [-0.1, -0.05) is 0 Å². The molecular formula is C13H18BrNO3S. The van der Waals surface area contributed by atoms with E-state index in [1.165, 1.54) is 11.8 Å². The number of carbonyl (C=O) groups excluding carboxylic acids is 1. The molecule has 0 aromatic heterocycles. The zero-order valence-electron chi connectivity index (χ0n) is 11.5. The minimum absolute atomic E-state index is 0.0263. The zero-order chi connectivity index (χ0) is 14.4. The van der Waals surface area contributed by atoms with Crippen molar-refractivity contribution in [1.29, 1.82) is 0 Å². The van der Waals surface area contributed by atoms with Gasteiger partial charge in [0.05, 0.1) is 23.9 Å². The van der Waals surface area contributed by atoms with Crippen molar-refractivity contribution in [3.05, 3.63) is 22.2 Å². The van der Waals surface area contributed by atoms with Crippen molar-refractivity contribution >= 4 is 33.6 Å². The summed E-state index contributed by atoms with van der Waals surface area (Å²) in [5.41, 5.74) is 0.950. The van der Waals surface area contributed by atoms with Crippen LogP contribution in [0.25, 0.3) is 0 Å². The number of methoxy groups -OCH3 is 2. The lowest BCUT2D eigenvalue weighted by molar-refractivity contribution is -0.120. The summed E-state index contributed by atoms with van der Waals surface area (Å²) in [5.74, 6) is 1.31. The van der Waals surface area contributed by atoms with Gasteiger partial charge in [-0.25, -0.2) is 0 Å². The van der Waals surface area contributed by atoms with E-state index in [0.29, 0.717) is 18.0 Å². The van der Waals surface area contributed by atoms with E-state index in [1.54, 1.807) is 14.2 Å². The van der Waals surface area contributed by atoms with Crippen LogP contribution in [-0.4, -0.2) is 31.6 Å². The van der Waals surface area contributed by atoms with Crippen LogP contribution in [0.4, 0.5) is 0 Å². The predicted molar refractivity (Wildman–Crippen MR) is 82.1 cm³/mol. The minimum atomic E-state index is -0.0522. The zero-order valence-corrected chi connectivity index (χ0v) is 13.9. The van der Waals surface area contributed by atoms with Crippen molar-refractivity contribution < 1.29 is 14.3 Å². The quantitative estimate of drug-likeness (QED) is 0.859. The predicted octanol–water partition coefficient (Wildman–Crippen LogP) is 2.83. The van der Waals surface area contributed by atoms with Crippen LogP contribution < -0.4 is 14.8 Å². The number of ether oxygens (including phenoxy) is 2. The van der Waals surface area contributed by atoms with E-state index in [4.69, 9.17) is 9.47 Å². The van der Waals surface area contributed by atoms with Gasteiger partial charge in [0.25, 0.3) is 0 Å². The van der Waals surface area contributed by atoms with Crippen LogP contribution in [-0.2, 0) is 11.3 Å². The van der Waals surface area contributed by atoms with Gasteiger partial charge in [-0.2, -0.15) is 11.8 Å². The second-order valence-corrected chi connectivity index (χ2v) is 5.94. The minimum Gasteiger partial charge on any atom is -0.493 e. The van der Waals surface area contributed by atoms with Crippen LogP contribution in [0.15, 0.2) is 16.6 Å². The molecule has 0 aliphatic carbocycles. The fourth-order valence-electron chi connectivity index (χ4n) is 1.51. The summed E-state index contributed by atoms with van der Waals surface area (Å²) in [4.78, 5) is 11.7. The second-order valence-electron chi connectivity index (χ2n) is 3.91. The van der Waals surface area contributed by atoms with E-state index >= 15 is 0 Å². The van der Waals surface area contributed by atoms with Crippen LogP contribution >= 0.6 is 27.7 Å². The fourth-order valence-corrected chi connectivity index (χ4v) is 2.46. The first-order chi connectivity index (χ1) is 9.03. The molecular weight excluding hydrogens is 330 g/mol. The summed E-state index contributed by atoms with van der Waals surface area (Å²) >= 11 is 4.95. The Hall–Kier alpha value is -0.880. The second kappa shape index (κ2) is 7.65. The smallest absolute Gasteiger partial charge is 0.233 e. The van der Waals surface area contributed by atoms with Gasteiger partial charge in [0.1, 0.15) is 0 Å². The molecule has 1 aromatic carbocycles. The van der Waals surface area contributed by atoms with Gasteiger partial charge in [0.15, 0.2) is 11.5 Å². The maximum absolute atomic E-state index is 11.7. The van der Waals surface area contributed by atoms with Gasteiger partial charge in [-0.3, -0.25) is 4.79 Å². The Morgan fingerprint density at radius 3 is 2.63 bits per heavy atom. The molecule has 1 rings (SSSR count). The van der Waals surface area contributed by atoms with Crippen LogP contribution in [0, 0.1) is 0 Å². The molecule has 106 valence electrons. The van der Waals surface area contributed by atoms with Crippen molar-refractivity contribution in [3.8, 4) is 11.5 Å².